The molecule has 0 spiro atoms. The van der Waals surface area contributed by atoms with E-state index >= 15 is 0 Å². The summed E-state index contributed by atoms with van der Waals surface area (Å²) < 4.78 is 26.0. The first-order valence-electron chi connectivity index (χ1n) is 5.14. The number of aryl methyl sites for hydroxylation is 1. The van der Waals surface area contributed by atoms with Crippen LogP contribution >= 0.6 is 0 Å². The molecule has 0 aromatic heterocycles. The Morgan fingerprint density at radius 2 is 1.65 bits per heavy atom. The molecule has 2 nitrogen and oxygen atoms in total. The van der Waals surface area contributed by atoms with E-state index in [1.807, 2.05) is 6.92 Å². The summed E-state index contributed by atoms with van der Waals surface area (Å²) >= 11 is 0. The summed E-state index contributed by atoms with van der Waals surface area (Å²) in [7, 11) is 0. The van der Waals surface area contributed by atoms with Crippen LogP contribution in [0.2, 0.25) is 0 Å². The molecule has 0 atom stereocenters. The Morgan fingerprint density at radius 1 is 1.00 bits per heavy atom. The summed E-state index contributed by atoms with van der Waals surface area (Å²) in [6.07, 6.45) is 0. The molecule has 0 unspecified atom stereocenters. The van der Waals surface area contributed by atoms with Crippen molar-refractivity contribution in [1.29, 1.82) is 0 Å². The predicted molar refractivity (Wildman–Crippen MR) is 65.2 cm³/mol. The largest absolute Gasteiger partial charge is 0.399 e. The Bertz CT molecular complexity index is 533. The third-order valence-corrected chi connectivity index (χ3v) is 2.39. The molecule has 0 saturated carbocycles. The van der Waals surface area contributed by atoms with Crippen LogP contribution in [0.1, 0.15) is 5.56 Å². The fourth-order valence-electron chi connectivity index (χ4n) is 1.61. The number of halogens is 2. The van der Waals surface area contributed by atoms with Crippen molar-refractivity contribution in [2.24, 2.45) is 0 Å². The van der Waals surface area contributed by atoms with Gasteiger partial charge < -0.3 is 11.1 Å². The van der Waals surface area contributed by atoms with Crippen molar-refractivity contribution in [3.05, 3.63) is 53.6 Å². The van der Waals surface area contributed by atoms with Crippen LogP contribution in [0.4, 0.5) is 25.8 Å². The summed E-state index contributed by atoms with van der Waals surface area (Å²) in [6, 6.07) is 8.59. The van der Waals surface area contributed by atoms with E-state index in [4.69, 9.17) is 5.73 Å². The lowest BCUT2D eigenvalue weighted by Crippen LogP contribution is -1.96. The normalized spacial score (nSPS) is 10.3. The van der Waals surface area contributed by atoms with Crippen LogP contribution in [0.3, 0.4) is 0 Å². The topological polar surface area (TPSA) is 38.0 Å². The molecule has 0 radical (unpaired) electrons. The molecule has 0 bridgehead atoms. The molecule has 0 aliphatic heterocycles. The first kappa shape index (κ1) is 11.4. The quantitative estimate of drug-likeness (QED) is 0.779. The molecular formula is C13H12F2N2. The van der Waals surface area contributed by atoms with Crippen LogP contribution in [0, 0.1) is 18.6 Å². The smallest absolute Gasteiger partial charge is 0.128 e. The summed E-state index contributed by atoms with van der Waals surface area (Å²) in [5.41, 5.74) is 8.32. The van der Waals surface area contributed by atoms with Crippen molar-refractivity contribution >= 4 is 17.1 Å². The van der Waals surface area contributed by atoms with Gasteiger partial charge in [-0.25, -0.2) is 8.78 Å². The zero-order valence-electron chi connectivity index (χ0n) is 9.30. The van der Waals surface area contributed by atoms with Gasteiger partial charge in [0.2, 0.25) is 0 Å². The van der Waals surface area contributed by atoms with E-state index in [1.54, 1.807) is 18.2 Å². The first-order valence-corrected chi connectivity index (χ1v) is 5.14. The van der Waals surface area contributed by atoms with Crippen molar-refractivity contribution in [1.82, 2.24) is 0 Å². The highest BCUT2D eigenvalue weighted by atomic mass is 19.1. The van der Waals surface area contributed by atoms with Gasteiger partial charge in [0.25, 0.3) is 0 Å². The molecular weight excluding hydrogens is 222 g/mol. The average molecular weight is 234 g/mol. The molecule has 0 aliphatic rings. The maximum Gasteiger partial charge on any atom is 0.128 e. The number of nitrogens with two attached hydrogens (primary N) is 1. The highest BCUT2D eigenvalue weighted by Crippen LogP contribution is 2.23. The molecule has 0 amide bonds. The molecule has 88 valence electrons. The van der Waals surface area contributed by atoms with Gasteiger partial charge in [-0.1, -0.05) is 0 Å². The minimum atomic E-state index is -0.611. The molecule has 2 aromatic rings. The summed E-state index contributed by atoms with van der Waals surface area (Å²) in [6.45, 7) is 1.87. The Morgan fingerprint density at radius 3 is 2.24 bits per heavy atom. The van der Waals surface area contributed by atoms with Gasteiger partial charge in [0.15, 0.2) is 0 Å². The van der Waals surface area contributed by atoms with Crippen molar-refractivity contribution in [3.8, 4) is 0 Å². The lowest BCUT2D eigenvalue weighted by atomic mass is 10.1. The van der Waals surface area contributed by atoms with E-state index < -0.39 is 11.6 Å². The van der Waals surface area contributed by atoms with Crippen LogP contribution in [0.15, 0.2) is 36.4 Å². The van der Waals surface area contributed by atoms with E-state index in [1.165, 1.54) is 12.1 Å². The van der Waals surface area contributed by atoms with Crippen molar-refractivity contribution in [2.75, 3.05) is 11.1 Å². The third-order valence-electron chi connectivity index (χ3n) is 2.39. The monoisotopic (exact) mass is 234 g/mol. The van der Waals surface area contributed by atoms with Gasteiger partial charge in [0, 0.05) is 23.1 Å². The zero-order chi connectivity index (χ0) is 12.4. The number of anilines is 3. The maximum absolute atomic E-state index is 13.0. The second-order valence-electron chi connectivity index (χ2n) is 3.86. The number of nitrogens with one attached hydrogen (secondary N) is 1. The maximum atomic E-state index is 13.0. The van der Waals surface area contributed by atoms with E-state index in [9.17, 15) is 8.78 Å². The van der Waals surface area contributed by atoms with Crippen molar-refractivity contribution < 1.29 is 8.78 Å². The number of hydrogen-bond acceptors (Lipinski definition) is 2. The summed E-state index contributed by atoms with van der Waals surface area (Å²) in [5.74, 6) is -1.22. The van der Waals surface area contributed by atoms with Crippen LogP contribution in [0.5, 0.6) is 0 Å². The average Bonchev–Trinajstić information content (AvgIpc) is 2.21. The fraction of sp³-hybridized carbons (Fsp3) is 0.0769. The fourth-order valence-corrected chi connectivity index (χ4v) is 1.61. The molecule has 3 N–H and O–H groups in total. The first-order chi connectivity index (χ1) is 8.04. The Balaban J connectivity index is 2.31. The molecule has 0 fully saturated rings. The van der Waals surface area contributed by atoms with Crippen molar-refractivity contribution in [3.63, 3.8) is 0 Å². The van der Waals surface area contributed by atoms with E-state index in [0.29, 0.717) is 11.4 Å². The Hall–Kier alpha value is -2.10. The second kappa shape index (κ2) is 4.41. The van der Waals surface area contributed by atoms with Gasteiger partial charge in [0.05, 0.1) is 0 Å². The van der Waals surface area contributed by atoms with Gasteiger partial charge in [0.1, 0.15) is 11.6 Å². The summed E-state index contributed by atoms with van der Waals surface area (Å²) in [4.78, 5) is 0. The third kappa shape index (κ3) is 2.72. The molecule has 4 heteroatoms. The van der Waals surface area contributed by atoms with E-state index in [2.05, 4.69) is 5.32 Å². The SMILES string of the molecule is Cc1cc(N)ccc1Nc1cc(F)cc(F)c1. The highest BCUT2D eigenvalue weighted by Gasteiger charge is 2.03. The van der Waals surface area contributed by atoms with Crippen molar-refractivity contribution in [2.45, 2.75) is 6.92 Å². The molecule has 2 rings (SSSR count). The molecule has 2 aromatic carbocycles. The molecule has 0 aliphatic carbocycles. The molecule has 0 saturated heterocycles. The van der Waals surface area contributed by atoms with Crippen LogP contribution in [-0.4, -0.2) is 0 Å². The van der Waals surface area contributed by atoms with Gasteiger partial charge in [-0.15, -0.1) is 0 Å². The van der Waals surface area contributed by atoms with Gasteiger partial charge in [-0.05, 0) is 42.8 Å². The predicted octanol–water partition coefficient (Wildman–Crippen LogP) is 3.60. The van der Waals surface area contributed by atoms with Gasteiger partial charge in [-0.2, -0.15) is 0 Å². The second-order valence-corrected chi connectivity index (χ2v) is 3.86. The van der Waals surface area contributed by atoms with Crippen LogP contribution < -0.4 is 11.1 Å². The number of benzene rings is 2. The van der Waals surface area contributed by atoms with E-state index in [0.717, 1.165) is 17.3 Å². The van der Waals surface area contributed by atoms with E-state index in [-0.39, 0.29) is 0 Å². The number of rotatable bonds is 2. The van der Waals surface area contributed by atoms with Crippen LogP contribution in [0.25, 0.3) is 0 Å². The summed E-state index contributed by atoms with van der Waals surface area (Å²) in [5, 5.41) is 2.95. The Kier molecular flexibility index (Phi) is 2.95. The van der Waals surface area contributed by atoms with Gasteiger partial charge >= 0.3 is 0 Å². The zero-order valence-corrected chi connectivity index (χ0v) is 9.30. The standard InChI is InChI=1S/C13H12F2N2/c1-8-4-11(16)2-3-13(8)17-12-6-9(14)5-10(15)7-12/h2-7,17H,16H2,1H3. The highest BCUT2D eigenvalue weighted by molar-refractivity contribution is 5.65. The molecule has 0 heterocycles. The number of nitrogen functional groups attached to an aromatic ring is 1. The molecule has 17 heavy (non-hydrogen) atoms. The Labute approximate surface area is 98.1 Å². The number of hydrogen-bond donors (Lipinski definition) is 2. The van der Waals surface area contributed by atoms with Gasteiger partial charge in [-0.3, -0.25) is 0 Å². The minimum absolute atomic E-state index is 0.371. The lowest BCUT2D eigenvalue weighted by molar-refractivity contribution is 0.584. The van der Waals surface area contributed by atoms with Crippen LogP contribution in [-0.2, 0) is 0 Å². The lowest BCUT2D eigenvalue weighted by Gasteiger charge is -2.10. The minimum Gasteiger partial charge on any atom is -0.399 e.